The lowest BCUT2D eigenvalue weighted by Gasteiger charge is -2.40. The molecular formula is C18H17Cl2FN2O7. The minimum absolute atomic E-state index is 0.0578. The first-order chi connectivity index (χ1) is 14.1. The Hall–Kier alpha value is -2.43. The summed E-state index contributed by atoms with van der Waals surface area (Å²) < 4.78 is 37.4. The van der Waals surface area contributed by atoms with Gasteiger partial charge in [-0.2, -0.15) is 0 Å². The quantitative estimate of drug-likeness (QED) is 0.387. The van der Waals surface area contributed by atoms with Gasteiger partial charge in [-0.3, -0.25) is 19.0 Å². The van der Waals surface area contributed by atoms with Crippen LogP contribution in [0.2, 0.25) is 10.0 Å². The van der Waals surface area contributed by atoms with Crippen LogP contribution in [0, 0.1) is 5.82 Å². The Kier molecular flexibility index (Phi) is 6.49. The van der Waals surface area contributed by atoms with Crippen molar-refractivity contribution in [2.45, 2.75) is 45.3 Å². The number of hydrogen-bond donors (Lipinski definition) is 0. The van der Waals surface area contributed by atoms with Crippen LogP contribution in [0.1, 0.15) is 27.0 Å². The van der Waals surface area contributed by atoms with Crippen molar-refractivity contribution < 1.29 is 37.7 Å². The fraction of sp³-hybridized carbons (Fsp3) is 0.444. The fourth-order valence-electron chi connectivity index (χ4n) is 3.24. The summed E-state index contributed by atoms with van der Waals surface area (Å²) in [5, 5.41) is -0.346. The number of nitrogens with zero attached hydrogens (tertiary/aromatic N) is 2. The highest BCUT2D eigenvalue weighted by molar-refractivity contribution is 6.42. The molecular weight excluding hydrogens is 446 g/mol. The first-order valence-electron chi connectivity index (χ1n) is 8.73. The third kappa shape index (κ3) is 4.35. The van der Waals surface area contributed by atoms with E-state index in [0.717, 1.165) is 13.8 Å². The van der Waals surface area contributed by atoms with Crippen LogP contribution in [-0.4, -0.2) is 52.4 Å². The molecule has 2 aromatic rings. The maximum absolute atomic E-state index is 14.5. The van der Waals surface area contributed by atoms with Gasteiger partial charge in [-0.15, -0.1) is 0 Å². The molecule has 0 bridgehead atoms. The number of rotatable bonds is 4. The molecule has 0 radical (unpaired) electrons. The largest absolute Gasteiger partial charge is 0.456 e. The molecule has 0 spiro atoms. The Bertz CT molecular complexity index is 1010. The van der Waals surface area contributed by atoms with Gasteiger partial charge >= 0.3 is 17.9 Å². The van der Waals surface area contributed by atoms with E-state index < -0.39 is 48.3 Å². The third-order valence-electron chi connectivity index (χ3n) is 4.30. The maximum atomic E-state index is 14.5. The highest BCUT2D eigenvalue weighted by atomic mass is 35.5. The number of carbonyl (C=O) groups excluding carboxylic acids is 3. The Balaban J connectivity index is 2.09. The Morgan fingerprint density at radius 2 is 1.70 bits per heavy atom. The topological polar surface area (TPSA) is 106 Å². The minimum atomic E-state index is -1.24. The highest BCUT2D eigenvalue weighted by Crippen LogP contribution is 2.36. The fourth-order valence-corrected chi connectivity index (χ4v) is 3.57. The molecule has 30 heavy (non-hydrogen) atoms. The molecule has 1 aromatic carbocycles. The summed E-state index contributed by atoms with van der Waals surface area (Å²) in [5.74, 6) is -2.86. The van der Waals surface area contributed by atoms with E-state index in [1.54, 1.807) is 0 Å². The zero-order valence-corrected chi connectivity index (χ0v) is 17.6. The average molecular weight is 463 g/mol. The van der Waals surface area contributed by atoms with Crippen molar-refractivity contribution in [2.75, 3.05) is 6.61 Å². The molecule has 0 unspecified atom stereocenters. The van der Waals surface area contributed by atoms with Gasteiger partial charge in [0.1, 0.15) is 5.52 Å². The van der Waals surface area contributed by atoms with E-state index in [4.69, 9.17) is 42.1 Å². The van der Waals surface area contributed by atoms with Gasteiger partial charge < -0.3 is 18.9 Å². The van der Waals surface area contributed by atoms with Crippen molar-refractivity contribution in [1.29, 1.82) is 0 Å². The predicted molar refractivity (Wildman–Crippen MR) is 101 cm³/mol. The SMILES string of the molecule is CC(=O)O[C@@H]1[C@H](OC(C)=O)[C@H](OC(C)=O)CO[C@H]1n1cnc2c(F)c(Cl)c(Cl)cc21. The van der Waals surface area contributed by atoms with Gasteiger partial charge in [-0.25, -0.2) is 9.37 Å². The molecule has 3 rings (SSSR count). The van der Waals surface area contributed by atoms with Crippen molar-refractivity contribution in [3.63, 3.8) is 0 Å². The van der Waals surface area contributed by atoms with Crippen LogP contribution in [0.25, 0.3) is 11.0 Å². The second-order valence-electron chi connectivity index (χ2n) is 6.53. The van der Waals surface area contributed by atoms with E-state index in [1.807, 2.05) is 0 Å². The standard InChI is InChI=1S/C18H17Cl2FN2O7/c1-7(24)28-12-5-27-18(17(30-9(3)26)16(12)29-8(2)25)23-6-22-15-11(23)4-10(19)13(20)14(15)21/h4,6,12,16-18H,5H2,1-3H3/t12-,16-,17-,18-/m1/s1. The lowest BCUT2D eigenvalue weighted by atomic mass is 10.0. The van der Waals surface area contributed by atoms with Crippen molar-refractivity contribution in [3.8, 4) is 0 Å². The van der Waals surface area contributed by atoms with Gasteiger partial charge in [0.2, 0.25) is 0 Å². The zero-order chi connectivity index (χ0) is 22.2. The van der Waals surface area contributed by atoms with E-state index >= 15 is 0 Å². The lowest BCUT2D eigenvalue weighted by molar-refractivity contribution is -0.239. The van der Waals surface area contributed by atoms with Gasteiger partial charge in [-0.05, 0) is 6.07 Å². The number of aromatic nitrogens is 2. The van der Waals surface area contributed by atoms with Gasteiger partial charge in [-0.1, -0.05) is 23.2 Å². The van der Waals surface area contributed by atoms with Crippen LogP contribution >= 0.6 is 23.2 Å². The maximum Gasteiger partial charge on any atom is 0.303 e. The summed E-state index contributed by atoms with van der Waals surface area (Å²) in [7, 11) is 0. The summed E-state index contributed by atoms with van der Waals surface area (Å²) in [4.78, 5) is 38.9. The number of imidazole rings is 1. The van der Waals surface area contributed by atoms with E-state index in [-0.39, 0.29) is 27.7 Å². The Morgan fingerprint density at radius 3 is 2.30 bits per heavy atom. The summed E-state index contributed by atoms with van der Waals surface area (Å²) in [5.41, 5.74) is 0.122. The number of fused-ring (bicyclic) bond motifs is 1. The van der Waals surface area contributed by atoms with Gasteiger partial charge in [0.15, 0.2) is 30.4 Å². The number of esters is 3. The van der Waals surface area contributed by atoms with E-state index in [1.165, 1.54) is 23.9 Å². The van der Waals surface area contributed by atoms with Crippen LogP contribution in [0.3, 0.4) is 0 Å². The second-order valence-corrected chi connectivity index (χ2v) is 7.31. The van der Waals surface area contributed by atoms with Crippen molar-refractivity contribution in [2.24, 2.45) is 0 Å². The van der Waals surface area contributed by atoms with Crippen LogP contribution in [0.4, 0.5) is 4.39 Å². The Labute approximate surface area is 179 Å². The van der Waals surface area contributed by atoms with Gasteiger partial charge in [0, 0.05) is 20.8 Å². The summed E-state index contributed by atoms with van der Waals surface area (Å²) >= 11 is 11.8. The van der Waals surface area contributed by atoms with Gasteiger partial charge in [0.05, 0.1) is 28.5 Å². The molecule has 0 saturated carbocycles. The molecule has 1 saturated heterocycles. The van der Waals surface area contributed by atoms with Crippen LogP contribution in [-0.2, 0) is 33.3 Å². The van der Waals surface area contributed by atoms with E-state index in [0.29, 0.717) is 0 Å². The molecule has 0 aliphatic carbocycles. The first kappa shape index (κ1) is 22.3. The summed E-state index contributed by atoms with van der Waals surface area (Å²) in [6, 6.07) is 1.38. The molecule has 2 heterocycles. The third-order valence-corrected chi connectivity index (χ3v) is 5.07. The van der Waals surface area contributed by atoms with Gasteiger partial charge in [0.25, 0.3) is 0 Å². The van der Waals surface area contributed by atoms with Crippen LogP contribution in [0.5, 0.6) is 0 Å². The minimum Gasteiger partial charge on any atom is -0.456 e. The normalized spacial score (nSPS) is 23.8. The predicted octanol–water partition coefficient (Wildman–Crippen LogP) is 2.81. The molecule has 0 amide bonds. The number of hydrogen-bond acceptors (Lipinski definition) is 8. The zero-order valence-electron chi connectivity index (χ0n) is 16.1. The van der Waals surface area contributed by atoms with Crippen molar-refractivity contribution in [1.82, 2.24) is 9.55 Å². The van der Waals surface area contributed by atoms with E-state index in [2.05, 4.69) is 4.98 Å². The van der Waals surface area contributed by atoms with Crippen LogP contribution in [0.15, 0.2) is 12.4 Å². The number of benzene rings is 1. The van der Waals surface area contributed by atoms with Crippen molar-refractivity contribution in [3.05, 3.63) is 28.3 Å². The summed E-state index contributed by atoms with van der Waals surface area (Å²) in [6.45, 7) is 3.29. The molecule has 1 aromatic heterocycles. The second kappa shape index (κ2) is 8.75. The van der Waals surface area contributed by atoms with E-state index in [9.17, 15) is 18.8 Å². The highest BCUT2D eigenvalue weighted by Gasteiger charge is 2.48. The first-order valence-corrected chi connectivity index (χ1v) is 9.49. The molecule has 9 nitrogen and oxygen atoms in total. The number of carbonyl (C=O) groups is 3. The number of halogens is 3. The molecule has 12 heteroatoms. The van der Waals surface area contributed by atoms with Crippen LogP contribution < -0.4 is 0 Å². The summed E-state index contributed by atoms with van der Waals surface area (Å²) in [6.07, 6.45) is -3.29. The smallest absolute Gasteiger partial charge is 0.303 e. The van der Waals surface area contributed by atoms with Crippen molar-refractivity contribution >= 4 is 52.1 Å². The lowest BCUT2D eigenvalue weighted by Crippen LogP contribution is -2.55. The average Bonchev–Trinajstić information content (AvgIpc) is 3.05. The molecule has 1 aliphatic rings. The molecule has 1 fully saturated rings. The molecule has 1 aliphatic heterocycles. The molecule has 0 N–H and O–H groups in total. The molecule has 4 atom stereocenters. The monoisotopic (exact) mass is 462 g/mol. The molecule has 162 valence electrons. The number of ether oxygens (including phenoxy) is 4. The Morgan fingerprint density at radius 1 is 1.10 bits per heavy atom.